The fourth-order valence-electron chi connectivity index (χ4n) is 1.39. The Morgan fingerprint density at radius 1 is 1.37 bits per heavy atom. The van der Waals surface area contributed by atoms with Crippen molar-refractivity contribution in [1.29, 1.82) is 0 Å². The Labute approximate surface area is 110 Å². The van der Waals surface area contributed by atoms with Crippen LogP contribution in [0.4, 0.5) is 10.6 Å². The zero-order valence-corrected chi connectivity index (χ0v) is 11.0. The molecule has 0 spiro atoms. The molecular formula is C12H17N3O4. The fourth-order valence-corrected chi connectivity index (χ4v) is 1.39. The second-order valence-electron chi connectivity index (χ2n) is 4.56. The molecule has 0 aliphatic heterocycles. The Morgan fingerprint density at radius 3 is 2.53 bits per heavy atom. The number of aliphatic carboxylic acids is 1. The van der Waals surface area contributed by atoms with Crippen molar-refractivity contribution in [2.24, 2.45) is 0 Å². The SMILES string of the molecule is Cc1cc(C)nc(NC(=O)NCC(C)(O)C(=O)O)c1. The fraction of sp³-hybridized carbons (Fsp3) is 0.417. The van der Waals surface area contributed by atoms with Crippen LogP contribution in [0.5, 0.6) is 0 Å². The van der Waals surface area contributed by atoms with Gasteiger partial charge in [-0.15, -0.1) is 0 Å². The van der Waals surface area contributed by atoms with Crippen LogP contribution >= 0.6 is 0 Å². The molecule has 1 unspecified atom stereocenters. The smallest absolute Gasteiger partial charge is 0.337 e. The molecule has 2 amide bonds. The molecule has 0 radical (unpaired) electrons. The van der Waals surface area contributed by atoms with Crippen LogP contribution < -0.4 is 10.6 Å². The van der Waals surface area contributed by atoms with Crippen molar-refractivity contribution in [3.8, 4) is 0 Å². The zero-order valence-electron chi connectivity index (χ0n) is 11.0. The summed E-state index contributed by atoms with van der Waals surface area (Å²) in [5, 5.41) is 22.9. The third-order valence-electron chi connectivity index (χ3n) is 2.39. The van der Waals surface area contributed by atoms with Crippen molar-refractivity contribution in [3.05, 3.63) is 23.4 Å². The number of aliphatic hydroxyl groups is 1. The van der Waals surface area contributed by atoms with Crippen molar-refractivity contribution in [2.45, 2.75) is 26.4 Å². The van der Waals surface area contributed by atoms with Gasteiger partial charge in [-0.2, -0.15) is 0 Å². The molecule has 4 N–H and O–H groups in total. The van der Waals surface area contributed by atoms with Gasteiger partial charge in [-0.25, -0.2) is 14.6 Å². The summed E-state index contributed by atoms with van der Waals surface area (Å²) in [6.45, 7) is 4.36. The zero-order chi connectivity index (χ0) is 14.6. The van der Waals surface area contributed by atoms with Crippen LogP contribution in [0.3, 0.4) is 0 Å². The van der Waals surface area contributed by atoms with Crippen LogP contribution in [-0.4, -0.2) is 39.3 Å². The highest BCUT2D eigenvalue weighted by atomic mass is 16.4. The minimum absolute atomic E-state index is 0.366. The molecule has 0 aliphatic rings. The molecule has 0 aliphatic carbocycles. The van der Waals surface area contributed by atoms with E-state index in [1.54, 1.807) is 13.0 Å². The molecule has 7 heteroatoms. The van der Waals surface area contributed by atoms with Gasteiger partial charge in [0.05, 0.1) is 6.54 Å². The number of carbonyl (C=O) groups excluding carboxylic acids is 1. The van der Waals surface area contributed by atoms with Gasteiger partial charge in [-0.1, -0.05) is 0 Å². The summed E-state index contributed by atoms with van der Waals surface area (Å²) in [6, 6.07) is 2.92. The summed E-state index contributed by atoms with van der Waals surface area (Å²) >= 11 is 0. The predicted molar refractivity (Wildman–Crippen MR) is 69.0 cm³/mol. The molecule has 1 rings (SSSR count). The van der Waals surface area contributed by atoms with E-state index in [1.807, 2.05) is 13.0 Å². The number of pyridine rings is 1. The Bertz CT molecular complexity index is 479. The maximum Gasteiger partial charge on any atom is 0.337 e. The normalized spacial score (nSPS) is 13.5. The van der Waals surface area contributed by atoms with Crippen molar-refractivity contribution < 1.29 is 19.8 Å². The first-order valence-corrected chi connectivity index (χ1v) is 5.66. The van der Waals surface area contributed by atoms with Crippen LogP contribution in [0.25, 0.3) is 0 Å². The molecule has 0 bridgehead atoms. The van der Waals surface area contributed by atoms with Gasteiger partial charge in [0.15, 0.2) is 5.60 Å². The number of hydrogen-bond donors (Lipinski definition) is 4. The van der Waals surface area contributed by atoms with Crippen LogP contribution in [0.15, 0.2) is 12.1 Å². The summed E-state index contributed by atoms with van der Waals surface area (Å²) in [6.07, 6.45) is 0. The number of carboxylic acid groups (broad SMARTS) is 1. The summed E-state index contributed by atoms with van der Waals surface area (Å²) in [5.41, 5.74) is -0.305. The monoisotopic (exact) mass is 267 g/mol. The Morgan fingerprint density at radius 2 is 2.00 bits per heavy atom. The van der Waals surface area contributed by atoms with Gasteiger partial charge in [0.2, 0.25) is 0 Å². The van der Waals surface area contributed by atoms with Gasteiger partial charge in [0.1, 0.15) is 5.82 Å². The lowest BCUT2D eigenvalue weighted by Crippen LogP contribution is -2.47. The van der Waals surface area contributed by atoms with E-state index >= 15 is 0 Å². The molecule has 1 aromatic heterocycles. The Balaban J connectivity index is 2.59. The molecule has 1 aromatic rings. The molecule has 1 atom stereocenters. The number of carboxylic acids is 1. The Kier molecular flexibility index (Phi) is 4.44. The van der Waals surface area contributed by atoms with Crippen LogP contribution in [-0.2, 0) is 4.79 Å². The minimum Gasteiger partial charge on any atom is -0.479 e. The van der Waals surface area contributed by atoms with E-state index in [0.29, 0.717) is 5.82 Å². The first kappa shape index (κ1) is 14.9. The van der Waals surface area contributed by atoms with Crippen molar-refractivity contribution >= 4 is 17.8 Å². The number of carbonyl (C=O) groups is 2. The quantitative estimate of drug-likeness (QED) is 0.640. The third-order valence-corrected chi connectivity index (χ3v) is 2.39. The van der Waals surface area contributed by atoms with Crippen LogP contribution in [0.1, 0.15) is 18.2 Å². The predicted octanol–water partition coefficient (Wildman–Crippen LogP) is 0.656. The molecule has 0 fully saturated rings. The van der Waals surface area contributed by atoms with Gasteiger partial charge in [0.25, 0.3) is 0 Å². The number of urea groups is 1. The van der Waals surface area contributed by atoms with Crippen molar-refractivity contribution in [2.75, 3.05) is 11.9 Å². The van der Waals surface area contributed by atoms with Crippen LogP contribution in [0, 0.1) is 13.8 Å². The lowest BCUT2D eigenvalue weighted by atomic mass is 10.1. The van der Waals surface area contributed by atoms with Gasteiger partial charge < -0.3 is 15.5 Å². The number of nitrogens with one attached hydrogen (secondary N) is 2. The molecule has 0 aromatic carbocycles. The molecule has 0 saturated heterocycles. The third kappa shape index (κ3) is 4.55. The lowest BCUT2D eigenvalue weighted by Gasteiger charge is -2.18. The summed E-state index contributed by atoms with van der Waals surface area (Å²) < 4.78 is 0. The second kappa shape index (κ2) is 5.66. The number of aromatic nitrogens is 1. The van der Waals surface area contributed by atoms with Crippen molar-refractivity contribution in [3.63, 3.8) is 0 Å². The van der Waals surface area contributed by atoms with Gasteiger partial charge in [-0.05, 0) is 38.5 Å². The lowest BCUT2D eigenvalue weighted by molar-refractivity contribution is -0.155. The molecule has 104 valence electrons. The number of nitrogens with zero attached hydrogens (tertiary/aromatic N) is 1. The van der Waals surface area contributed by atoms with E-state index in [0.717, 1.165) is 18.2 Å². The number of anilines is 1. The van der Waals surface area contributed by atoms with E-state index in [9.17, 15) is 14.7 Å². The van der Waals surface area contributed by atoms with E-state index in [4.69, 9.17) is 5.11 Å². The van der Waals surface area contributed by atoms with E-state index in [-0.39, 0.29) is 0 Å². The molecule has 1 heterocycles. The number of aryl methyl sites for hydroxylation is 2. The molecule has 7 nitrogen and oxygen atoms in total. The first-order chi connectivity index (χ1) is 8.70. The minimum atomic E-state index is -2.01. The van der Waals surface area contributed by atoms with Crippen molar-refractivity contribution in [1.82, 2.24) is 10.3 Å². The maximum atomic E-state index is 11.5. The number of hydrogen-bond acceptors (Lipinski definition) is 4. The standard InChI is InChI=1S/C12H17N3O4/c1-7-4-8(2)14-9(5-7)15-11(18)13-6-12(3,19)10(16)17/h4-5,19H,6H2,1-3H3,(H,16,17)(H2,13,14,15,18). The summed E-state index contributed by atoms with van der Waals surface area (Å²) in [5.74, 6) is -1.04. The molecule has 19 heavy (non-hydrogen) atoms. The highest BCUT2D eigenvalue weighted by Gasteiger charge is 2.30. The van der Waals surface area contributed by atoms with Gasteiger partial charge in [-0.3, -0.25) is 5.32 Å². The highest BCUT2D eigenvalue weighted by molar-refractivity contribution is 5.89. The van der Waals surface area contributed by atoms with E-state index < -0.39 is 24.1 Å². The van der Waals surface area contributed by atoms with Crippen LogP contribution in [0.2, 0.25) is 0 Å². The molecule has 0 saturated carbocycles. The summed E-state index contributed by atoms with van der Waals surface area (Å²) in [7, 11) is 0. The Hall–Kier alpha value is -2.15. The highest BCUT2D eigenvalue weighted by Crippen LogP contribution is 2.09. The van der Waals surface area contributed by atoms with E-state index in [2.05, 4.69) is 15.6 Å². The first-order valence-electron chi connectivity index (χ1n) is 5.66. The largest absolute Gasteiger partial charge is 0.479 e. The average molecular weight is 267 g/mol. The second-order valence-corrected chi connectivity index (χ2v) is 4.56. The van der Waals surface area contributed by atoms with Gasteiger partial charge >= 0.3 is 12.0 Å². The number of rotatable bonds is 4. The van der Waals surface area contributed by atoms with Gasteiger partial charge in [0, 0.05) is 5.69 Å². The average Bonchev–Trinajstić information content (AvgIpc) is 2.24. The van der Waals surface area contributed by atoms with E-state index in [1.165, 1.54) is 0 Å². The summed E-state index contributed by atoms with van der Waals surface area (Å²) in [4.78, 5) is 26.3. The molecular weight excluding hydrogens is 250 g/mol. The number of amides is 2. The maximum absolute atomic E-state index is 11.5. The topological polar surface area (TPSA) is 112 Å².